The van der Waals surface area contributed by atoms with Gasteiger partial charge in [-0.05, 0) is 37.5 Å². The van der Waals surface area contributed by atoms with Crippen molar-refractivity contribution in [2.75, 3.05) is 6.61 Å². The quantitative estimate of drug-likeness (QED) is 0.538. The Morgan fingerprint density at radius 2 is 2.42 bits per heavy atom. The van der Waals surface area contributed by atoms with Gasteiger partial charge in [-0.1, -0.05) is 17.9 Å². The first-order chi connectivity index (χ1) is 5.90. The molecule has 0 aromatic heterocycles. The Bertz CT molecular complexity index is 254. The maximum Gasteiger partial charge on any atom is 0.104 e. The predicted octanol–water partition coefficient (Wildman–Crippen LogP) is 1.73. The molecule has 0 aromatic rings. The summed E-state index contributed by atoms with van der Waals surface area (Å²) in [4.78, 5) is 0. The number of aliphatic hydroxyl groups is 1. The molecule has 2 aliphatic rings. The topological polar surface area (TPSA) is 20.2 Å². The SMILES string of the molecule is OCC#CC1=CC[C@H]2CC[C@@H]1C2. The fourth-order valence-corrected chi connectivity index (χ4v) is 2.33. The zero-order chi connectivity index (χ0) is 8.39. The fourth-order valence-electron chi connectivity index (χ4n) is 2.33. The van der Waals surface area contributed by atoms with Gasteiger partial charge in [0.2, 0.25) is 0 Å². The van der Waals surface area contributed by atoms with Crippen molar-refractivity contribution < 1.29 is 5.11 Å². The Kier molecular flexibility index (Phi) is 2.19. The Labute approximate surface area is 73.5 Å². The molecule has 2 rings (SSSR count). The summed E-state index contributed by atoms with van der Waals surface area (Å²) in [5.74, 6) is 7.46. The maximum absolute atomic E-state index is 8.57. The largest absolute Gasteiger partial charge is 0.384 e. The molecule has 2 aliphatic carbocycles. The second-order valence-corrected chi connectivity index (χ2v) is 3.73. The van der Waals surface area contributed by atoms with Gasteiger partial charge >= 0.3 is 0 Å². The van der Waals surface area contributed by atoms with E-state index in [2.05, 4.69) is 17.9 Å². The first-order valence-corrected chi connectivity index (χ1v) is 4.70. The second-order valence-electron chi connectivity index (χ2n) is 3.73. The molecule has 0 unspecified atom stereocenters. The highest BCUT2D eigenvalue weighted by atomic mass is 16.2. The van der Waals surface area contributed by atoms with Gasteiger partial charge in [-0.25, -0.2) is 0 Å². The minimum Gasteiger partial charge on any atom is -0.384 e. The normalized spacial score (nSPS) is 32.2. The fraction of sp³-hybridized carbons (Fsp3) is 0.636. The van der Waals surface area contributed by atoms with Crippen LogP contribution in [0.2, 0.25) is 0 Å². The van der Waals surface area contributed by atoms with Gasteiger partial charge in [0.15, 0.2) is 0 Å². The lowest BCUT2D eigenvalue weighted by atomic mass is 9.89. The molecule has 1 fully saturated rings. The van der Waals surface area contributed by atoms with Crippen LogP contribution in [0.4, 0.5) is 0 Å². The molecule has 0 saturated heterocycles. The highest BCUT2D eigenvalue weighted by molar-refractivity contribution is 5.33. The van der Waals surface area contributed by atoms with E-state index in [0.717, 1.165) is 11.8 Å². The van der Waals surface area contributed by atoms with Gasteiger partial charge in [0, 0.05) is 5.57 Å². The van der Waals surface area contributed by atoms with Gasteiger partial charge in [-0.15, -0.1) is 0 Å². The summed E-state index contributed by atoms with van der Waals surface area (Å²) in [6.07, 6.45) is 7.52. The summed E-state index contributed by atoms with van der Waals surface area (Å²) in [5, 5.41) is 8.57. The van der Waals surface area contributed by atoms with Gasteiger partial charge in [0.05, 0.1) is 0 Å². The van der Waals surface area contributed by atoms with Crippen LogP contribution < -0.4 is 0 Å². The number of fused-ring (bicyclic) bond motifs is 2. The molecule has 0 aliphatic heterocycles. The molecule has 2 atom stereocenters. The van der Waals surface area contributed by atoms with Crippen LogP contribution in [0.3, 0.4) is 0 Å². The Morgan fingerprint density at radius 3 is 3.25 bits per heavy atom. The third-order valence-corrected chi connectivity index (χ3v) is 2.96. The number of hydrogen-bond donors (Lipinski definition) is 1. The van der Waals surface area contributed by atoms with Crippen molar-refractivity contribution in [3.63, 3.8) is 0 Å². The molecular formula is C11H14O. The summed E-state index contributed by atoms with van der Waals surface area (Å²) < 4.78 is 0. The van der Waals surface area contributed by atoms with E-state index in [0.29, 0.717) is 0 Å². The molecule has 0 spiro atoms. The lowest BCUT2D eigenvalue weighted by molar-refractivity contribution is 0.350. The van der Waals surface area contributed by atoms with Crippen molar-refractivity contribution in [3.05, 3.63) is 11.6 Å². The Balaban J connectivity index is 2.10. The van der Waals surface area contributed by atoms with Crippen LogP contribution in [0.1, 0.15) is 25.7 Å². The Hall–Kier alpha value is -0.740. The molecule has 1 nitrogen and oxygen atoms in total. The van der Waals surface area contributed by atoms with Crippen LogP contribution in [0.15, 0.2) is 11.6 Å². The molecule has 64 valence electrons. The standard InChI is InChI=1S/C11H14O/c12-7-1-2-10-5-3-9-4-6-11(10)8-9/h5,9,11-12H,3-4,6-8H2/t9-,11+/m0/s1. The first-order valence-electron chi connectivity index (χ1n) is 4.70. The van der Waals surface area contributed by atoms with Crippen LogP contribution >= 0.6 is 0 Å². The smallest absolute Gasteiger partial charge is 0.104 e. The molecule has 0 heterocycles. The summed E-state index contributed by atoms with van der Waals surface area (Å²) >= 11 is 0. The maximum atomic E-state index is 8.57. The zero-order valence-corrected chi connectivity index (χ0v) is 7.21. The van der Waals surface area contributed by atoms with Crippen molar-refractivity contribution in [1.82, 2.24) is 0 Å². The van der Waals surface area contributed by atoms with Gasteiger partial charge in [0.25, 0.3) is 0 Å². The molecule has 0 amide bonds. The highest BCUT2D eigenvalue weighted by Gasteiger charge is 2.29. The van der Waals surface area contributed by atoms with Crippen LogP contribution in [-0.4, -0.2) is 11.7 Å². The Morgan fingerprint density at radius 1 is 1.50 bits per heavy atom. The van der Waals surface area contributed by atoms with Gasteiger partial charge < -0.3 is 5.11 Å². The number of allylic oxidation sites excluding steroid dienone is 2. The number of hydrogen-bond acceptors (Lipinski definition) is 1. The summed E-state index contributed by atoms with van der Waals surface area (Å²) in [7, 11) is 0. The van der Waals surface area contributed by atoms with Crippen LogP contribution in [0, 0.1) is 23.7 Å². The first kappa shape index (κ1) is 7.89. The molecular weight excluding hydrogens is 148 g/mol. The molecule has 0 radical (unpaired) electrons. The average Bonchev–Trinajstić information content (AvgIpc) is 2.48. The number of aliphatic hydroxyl groups excluding tert-OH is 1. The molecule has 12 heavy (non-hydrogen) atoms. The lowest BCUT2D eigenvalue weighted by Gasteiger charge is -2.15. The van der Waals surface area contributed by atoms with E-state index in [-0.39, 0.29) is 6.61 Å². The van der Waals surface area contributed by atoms with Crippen molar-refractivity contribution >= 4 is 0 Å². The van der Waals surface area contributed by atoms with E-state index in [1.165, 1.54) is 31.3 Å². The molecule has 1 saturated carbocycles. The van der Waals surface area contributed by atoms with Crippen molar-refractivity contribution in [1.29, 1.82) is 0 Å². The van der Waals surface area contributed by atoms with E-state index >= 15 is 0 Å². The summed E-state index contributed by atoms with van der Waals surface area (Å²) in [6, 6.07) is 0. The minimum absolute atomic E-state index is 0.00646. The number of rotatable bonds is 0. The highest BCUT2D eigenvalue weighted by Crippen LogP contribution is 2.41. The molecule has 1 heteroatoms. The van der Waals surface area contributed by atoms with Crippen molar-refractivity contribution in [2.45, 2.75) is 25.7 Å². The van der Waals surface area contributed by atoms with Crippen molar-refractivity contribution in [2.24, 2.45) is 11.8 Å². The zero-order valence-electron chi connectivity index (χ0n) is 7.21. The van der Waals surface area contributed by atoms with E-state index in [9.17, 15) is 0 Å². The summed E-state index contributed by atoms with van der Waals surface area (Å²) in [6.45, 7) is -0.00646. The second kappa shape index (κ2) is 3.33. The monoisotopic (exact) mass is 162 g/mol. The third-order valence-electron chi connectivity index (χ3n) is 2.96. The van der Waals surface area contributed by atoms with Crippen LogP contribution in [-0.2, 0) is 0 Å². The van der Waals surface area contributed by atoms with Gasteiger partial charge in [0.1, 0.15) is 6.61 Å². The van der Waals surface area contributed by atoms with Gasteiger partial charge in [-0.3, -0.25) is 0 Å². The molecule has 0 aromatic carbocycles. The third kappa shape index (κ3) is 1.40. The van der Waals surface area contributed by atoms with Crippen LogP contribution in [0.25, 0.3) is 0 Å². The van der Waals surface area contributed by atoms with E-state index in [1.807, 2.05) is 0 Å². The minimum atomic E-state index is -0.00646. The van der Waals surface area contributed by atoms with Gasteiger partial charge in [-0.2, -0.15) is 0 Å². The average molecular weight is 162 g/mol. The molecule has 2 bridgehead atoms. The summed E-state index contributed by atoms with van der Waals surface area (Å²) in [5.41, 5.74) is 1.29. The molecule has 1 N–H and O–H groups in total. The van der Waals surface area contributed by atoms with E-state index in [1.54, 1.807) is 0 Å². The van der Waals surface area contributed by atoms with E-state index in [4.69, 9.17) is 5.11 Å². The van der Waals surface area contributed by atoms with Crippen LogP contribution in [0.5, 0.6) is 0 Å². The van der Waals surface area contributed by atoms with Crippen molar-refractivity contribution in [3.8, 4) is 11.8 Å². The lowest BCUT2D eigenvalue weighted by Crippen LogP contribution is -2.04. The van der Waals surface area contributed by atoms with E-state index < -0.39 is 0 Å². The predicted molar refractivity (Wildman–Crippen MR) is 48.4 cm³/mol.